The number of pyridine rings is 1. The van der Waals surface area contributed by atoms with E-state index in [0.29, 0.717) is 5.69 Å². The van der Waals surface area contributed by atoms with Crippen molar-refractivity contribution in [3.8, 4) is 11.1 Å². The third-order valence-corrected chi connectivity index (χ3v) is 4.31. The fourth-order valence-electron chi connectivity index (χ4n) is 3.26. The minimum atomic E-state index is -0.988. The summed E-state index contributed by atoms with van der Waals surface area (Å²) in [5, 5.41) is 21.9. The van der Waals surface area contributed by atoms with Gasteiger partial charge >= 0.3 is 0 Å². The van der Waals surface area contributed by atoms with Gasteiger partial charge in [0.1, 0.15) is 12.2 Å². The van der Waals surface area contributed by atoms with Crippen molar-refractivity contribution in [2.45, 2.75) is 19.1 Å². The molecule has 104 valence electrons. The van der Waals surface area contributed by atoms with E-state index >= 15 is 0 Å². The standard InChI is InChI=1S/C18H15NO2/c1-10-11-6-4-5-9-14(11)19-16-15(10)12-7-2-3-8-13(12)17(20)18(16)21/h2-9,17-18,20-21H,1H3. The predicted octanol–water partition coefficient (Wildman–Crippen LogP) is 3.29. The van der Waals surface area contributed by atoms with E-state index in [1.54, 1.807) is 0 Å². The monoisotopic (exact) mass is 277 g/mol. The molecule has 1 aliphatic rings. The highest BCUT2D eigenvalue weighted by atomic mass is 16.3. The lowest BCUT2D eigenvalue weighted by Gasteiger charge is -2.29. The number of aliphatic hydroxyl groups excluding tert-OH is 2. The van der Waals surface area contributed by atoms with Gasteiger partial charge in [-0.05, 0) is 29.7 Å². The Labute approximate surface area is 122 Å². The first-order valence-electron chi connectivity index (χ1n) is 7.03. The van der Waals surface area contributed by atoms with Crippen LogP contribution in [0, 0.1) is 6.92 Å². The van der Waals surface area contributed by atoms with E-state index in [1.165, 1.54) is 0 Å². The van der Waals surface area contributed by atoms with Gasteiger partial charge in [0, 0.05) is 10.9 Å². The maximum Gasteiger partial charge on any atom is 0.127 e. The maximum absolute atomic E-state index is 10.4. The van der Waals surface area contributed by atoms with E-state index < -0.39 is 12.2 Å². The van der Waals surface area contributed by atoms with E-state index in [4.69, 9.17) is 0 Å². The zero-order chi connectivity index (χ0) is 14.6. The second-order valence-electron chi connectivity index (χ2n) is 5.49. The molecule has 3 aromatic rings. The lowest BCUT2D eigenvalue weighted by atomic mass is 9.82. The summed E-state index contributed by atoms with van der Waals surface area (Å²) < 4.78 is 0. The van der Waals surface area contributed by atoms with Gasteiger partial charge in [-0.1, -0.05) is 42.5 Å². The van der Waals surface area contributed by atoms with Crippen molar-refractivity contribution in [2.24, 2.45) is 0 Å². The maximum atomic E-state index is 10.4. The van der Waals surface area contributed by atoms with Crippen LogP contribution in [0.4, 0.5) is 0 Å². The number of para-hydroxylation sites is 1. The van der Waals surface area contributed by atoms with Gasteiger partial charge in [0.2, 0.25) is 0 Å². The highest BCUT2D eigenvalue weighted by Crippen LogP contribution is 2.46. The molecule has 0 bridgehead atoms. The minimum absolute atomic E-state index is 0.567. The molecule has 1 aliphatic carbocycles. The van der Waals surface area contributed by atoms with E-state index in [-0.39, 0.29) is 0 Å². The minimum Gasteiger partial charge on any atom is -0.385 e. The summed E-state index contributed by atoms with van der Waals surface area (Å²) in [5.41, 5.74) is 5.17. The van der Waals surface area contributed by atoms with Crippen LogP contribution in [-0.4, -0.2) is 15.2 Å². The number of hydrogen-bond donors (Lipinski definition) is 2. The first kappa shape index (κ1) is 12.5. The zero-order valence-corrected chi connectivity index (χ0v) is 11.6. The van der Waals surface area contributed by atoms with Crippen molar-refractivity contribution < 1.29 is 10.2 Å². The van der Waals surface area contributed by atoms with Crippen LogP contribution in [0.25, 0.3) is 22.0 Å². The van der Waals surface area contributed by atoms with Crippen LogP contribution in [-0.2, 0) is 0 Å². The quantitative estimate of drug-likeness (QED) is 0.663. The fourth-order valence-corrected chi connectivity index (χ4v) is 3.26. The van der Waals surface area contributed by atoms with Crippen LogP contribution in [0.2, 0.25) is 0 Å². The van der Waals surface area contributed by atoms with E-state index in [0.717, 1.165) is 33.2 Å². The molecule has 2 N–H and O–H groups in total. The lowest BCUT2D eigenvalue weighted by Crippen LogP contribution is -2.19. The molecule has 2 atom stereocenters. The number of nitrogens with zero attached hydrogens (tertiary/aromatic N) is 1. The lowest BCUT2D eigenvalue weighted by molar-refractivity contribution is 0.0133. The molecule has 3 heteroatoms. The van der Waals surface area contributed by atoms with Crippen LogP contribution in [0.3, 0.4) is 0 Å². The van der Waals surface area contributed by atoms with Crippen LogP contribution >= 0.6 is 0 Å². The third kappa shape index (κ3) is 1.65. The molecule has 2 unspecified atom stereocenters. The van der Waals surface area contributed by atoms with Crippen LogP contribution in [0.5, 0.6) is 0 Å². The number of hydrogen-bond acceptors (Lipinski definition) is 3. The molecular formula is C18H15NO2. The molecule has 0 saturated heterocycles. The first-order valence-corrected chi connectivity index (χ1v) is 7.03. The van der Waals surface area contributed by atoms with Gasteiger partial charge in [0.25, 0.3) is 0 Å². The summed E-state index contributed by atoms with van der Waals surface area (Å²) in [5.74, 6) is 0. The second kappa shape index (κ2) is 4.38. The predicted molar refractivity (Wildman–Crippen MR) is 81.8 cm³/mol. The molecule has 21 heavy (non-hydrogen) atoms. The van der Waals surface area contributed by atoms with Crippen LogP contribution < -0.4 is 0 Å². The average molecular weight is 277 g/mol. The third-order valence-electron chi connectivity index (χ3n) is 4.31. The zero-order valence-electron chi connectivity index (χ0n) is 11.6. The number of benzene rings is 2. The molecule has 1 aromatic heterocycles. The molecular weight excluding hydrogens is 262 g/mol. The summed E-state index contributed by atoms with van der Waals surface area (Å²) in [6, 6.07) is 15.6. The molecule has 0 saturated carbocycles. The van der Waals surface area contributed by atoms with Crippen molar-refractivity contribution >= 4 is 10.9 Å². The van der Waals surface area contributed by atoms with Gasteiger partial charge in [-0.2, -0.15) is 0 Å². The highest BCUT2D eigenvalue weighted by molar-refractivity contribution is 5.91. The Morgan fingerprint density at radius 1 is 0.905 bits per heavy atom. The van der Waals surface area contributed by atoms with Crippen molar-refractivity contribution in [3.05, 3.63) is 65.4 Å². The Morgan fingerprint density at radius 3 is 2.48 bits per heavy atom. The molecule has 4 rings (SSSR count). The largest absolute Gasteiger partial charge is 0.385 e. The normalized spacial score (nSPS) is 20.1. The number of aryl methyl sites for hydroxylation is 1. The van der Waals surface area contributed by atoms with Gasteiger partial charge in [0.05, 0.1) is 11.2 Å². The number of rotatable bonds is 0. The van der Waals surface area contributed by atoms with Crippen LogP contribution in [0.15, 0.2) is 48.5 Å². The topological polar surface area (TPSA) is 53.4 Å². The molecule has 2 aromatic carbocycles. The van der Waals surface area contributed by atoms with Gasteiger partial charge < -0.3 is 10.2 Å². The summed E-state index contributed by atoms with van der Waals surface area (Å²) in [7, 11) is 0. The Balaban J connectivity index is 2.16. The molecule has 0 spiro atoms. The molecule has 1 heterocycles. The van der Waals surface area contributed by atoms with E-state index in [2.05, 4.69) is 4.98 Å². The Hall–Kier alpha value is -2.23. The van der Waals surface area contributed by atoms with Crippen molar-refractivity contribution in [1.82, 2.24) is 4.98 Å². The van der Waals surface area contributed by atoms with Crippen molar-refractivity contribution in [3.63, 3.8) is 0 Å². The SMILES string of the molecule is Cc1c2c(nc3ccccc13)C(O)C(O)c1ccccc1-2. The number of aromatic nitrogens is 1. The van der Waals surface area contributed by atoms with Crippen LogP contribution in [0.1, 0.15) is 29.0 Å². The summed E-state index contributed by atoms with van der Waals surface area (Å²) in [4.78, 5) is 4.60. The molecule has 0 fully saturated rings. The van der Waals surface area contributed by atoms with Crippen molar-refractivity contribution in [1.29, 1.82) is 0 Å². The van der Waals surface area contributed by atoms with Gasteiger partial charge in [-0.15, -0.1) is 0 Å². The van der Waals surface area contributed by atoms with Gasteiger partial charge in [0.15, 0.2) is 0 Å². The van der Waals surface area contributed by atoms with E-state index in [9.17, 15) is 10.2 Å². The Kier molecular flexibility index (Phi) is 2.61. The van der Waals surface area contributed by atoms with E-state index in [1.807, 2.05) is 55.5 Å². The smallest absolute Gasteiger partial charge is 0.127 e. The van der Waals surface area contributed by atoms with Crippen molar-refractivity contribution in [2.75, 3.05) is 0 Å². The molecule has 0 amide bonds. The highest BCUT2D eigenvalue weighted by Gasteiger charge is 2.33. The van der Waals surface area contributed by atoms with Gasteiger partial charge in [-0.3, -0.25) is 0 Å². The Morgan fingerprint density at radius 2 is 1.62 bits per heavy atom. The second-order valence-corrected chi connectivity index (χ2v) is 5.49. The summed E-state index contributed by atoms with van der Waals surface area (Å²) >= 11 is 0. The fraction of sp³-hybridized carbons (Fsp3) is 0.167. The molecule has 0 aliphatic heterocycles. The van der Waals surface area contributed by atoms with Gasteiger partial charge in [-0.25, -0.2) is 4.98 Å². The Bertz CT molecular complexity index is 857. The average Bonchev–Trinajstić information content (AvgIpc) is 2.52. The number of fused-ring (bicyclic) bond motifs is 4. The summed E-state index contributed by atoms with van der Waals surface area (Å²) in [6.07, 6.45) is -1.92. The molecule has 3 nitrogen and oxygen atoms in total. The first-order chi connectivity index (χ1) is 10.2. The summed E-state index contributed by atoms with van der Waals surface area (Å²) in [6.45, 7) is 2.05. The number of aliphatic hydroxyl groups is 2. The molecule has 0 radical (unpaired) electrons.